The third kappa shape index (κ3) is 8.81. The van der Waals surface area contributed by atoms with Crippen LogP contribution in [0.25, 0.3) is 5.57 Å². The Labute approximate surface area is 242 Å². The van der Waals surface area contributed by atoms with Gasteiger partial charge in [-0.25, -0.2) is 13.6 Å². The Morgan fingerprint density at radius 3 is 2.32 bits per heavy atom. The van der Waals surface area contributed by atoms with Crippen LogP contribution in [0, 0.1) is 11.6 Å². The van der Waals surface area contributed by atoms with Crippen molar-refractivity contribution >= 4 is 47.2 Å². The molecule has 0 saturated carbocycles. The lowest BCUT2D eigenvalue weighted by Crippen LogP contribution is -2.41. The summed E-state index contributed by atoms with van der Waals surface area (Å²) in [5, 5.41) is 8.07. The number of amides is 1. The van der Waals surface area contributed by atoms with Gasteiger partial charge in [-0.15, -0.1) is 0 Å². The minimum atomic E-state index is -1.04. The van der Waals surface area contributed by atoms with Crippen molar-refractivity contribution in [1.29, 1.82) is 0 Å². The zero-order chi connectivity index (χ0) is 30.2. The maximum atomic E-state index is 14.6. The first-order valence-electron chi connectivity index (χ1n) is 12.6. The number of aldehydes is 1. The number of allylic oxidation sites excluding steroid dienone is 2. The van der Waals surface area contributed by atoms with Crippen molar-refractivity contribution in [3.05, 3.63) is 106 Å². The Morgan fingerprint density at radius 2 is 1.71 bits per heavy atom. The quantitative estimate of drug-likeness (QED) is 0.0755. The van der Waals surface area contributed by atoms with E-state index in [1.807, 2.05) is 30.3 Å². The minimum absolute atomic E-state index is 0.166. The average molecular weight is 582 g/mol. The lowest BCUT2D eigenvalue weighted by atomic mass is 10.0. The summed E-state index contributed by atoms with van der Waals surface area (Å²) in [5.41, 5.74) is 0.269. The summed E-state index contributed by atoms with van der Waals surface area (Å²) >= 11 is 5.82. The van der Waals surface area contributed by atoms with Crippen molar-refractivity contribution in [2.45, 2.75) is 38.8 Å². The van der Waals surface area contributed by atoms with E-state index in [2.05, 4.69) is 10.4 Å². The first-order valence-corrected chi connectivity index (χ1v) is 13.0. The van der Waals surface area contributed by atoms with Gasteiger partial charge in [-0.3, -0.25) is 14.6 Å². The van der Waals surface area contributed by atoms with Crippen LogP contribution in [0.3, 0.4) is 0 Å². The third-order valence-corrected chi connectivity index (χ3v) is 6.06. The largest absolute Gasteiger partial charge is 0.456 e. The van der Waals surface area contributed by atoms with Gasteiger partial charge < -0.3 is 10.1 Å². The van der Waals surface area contributed by atoms with E-state index >= 15 is 0 Å². The topological polar surface area (TPSA) is 88.1 Å². The van der Waals surface area contributed by atoms with Crippen molar-refractivity contribution in [2.75, 3.05) is 12.4 Å². The predicted octanol–water partition coefficient (Wildman–Crippen LogP) is 6.32. The molecule has 3 aromatic rings. The summed E-state index contributed by atoms with van der Waals surface area (Å²) < 4.78 is 34.5. The van der Waals surface area contributed by atoms with E-state index < -0.39 is 40.7 Å². The molecule has 1 amide bonds. The Kier molecular flexibility index (Phi) is 10.5. The lowest BCUT2D eigenvalue weighted by Gasteiger charge is -2.25. The summed E-state index contributed by atoms with van der Waals surface area (Å²) in [6.45, 7) is 5.31. The number of likely N-dealkylation sites (N-methyl/N-ethyl adjacent to an activating group) is 1. The molecule has 0 fully saturated rings. The van der Waals surface area contributed by atoms with Crippen LogP contribution in [-0.2, 0) is 20.7 Å². The van der Waals surface area contributed by atoms with E-state index in [0.717, 1.165) is 30.0 Å². The SMILES string of the molecule is CN(/N=C\C(=C/C=O)c1c(F)ccc(Cl)c1F)C(Cc1ccccc1)C(=O)Nc1ccc(C(=O)OC(C)(C)C)cc1. The molecule has 0 aliphatic heterocycles. The van der Waals surface area contributed by atoms with Gasteiger partial charge in [0.05, 0.1) is 22.4 Å². The van der Waals surface area contributed by atoms with Crippen molar-refractivity contribution in [3.8, 4) is 0 Å². The molecule has 1 N–H and O–H groups in total. The second kappa shape index (κ2) is 13.8. The number of halogens is 3. The van der Waals surface area contributed by atoms with Gasteiger partial charge in [0, 0.05) is 24.7 Å². The van der Waals surface area contributed by atoms with Crippen molar-refractivity contribution < 1.29 is 27.9 Å². The number of hydrogen-bond donors (Lipinski definition) is 1. The van der Waals surface area contributed by atoms with Gasteiger partial charge in [-0.2, -0.15) is 5.10 Å². The molecule has 1 unspecified atom stereocenters. The number of ether oxygens (including phenoxy) is 1. The van der Waals surface area contributed by atoms with Gasteiger partial charge in [0.15, 0.2) is 5.82 Å². The molecule has 0 bridgehead atoms. The Bertz CT molecular complexity index is 1450. The van der Waals surface area contributed by atoms with Gasteiger partial charge in [0.25, 0.3) is 0 Å². The molecule has 0 saturated heterocycles. The van der Waals surface area contributed by atoms with E-state index in [1.165, 1.54) is 12.1 Å². The van der Waals surface area contributed by atoms with Crippen molar-refractivity contribution in [3.63, 3.8) is 0 Å². The molecule has 0 aliphatic rings. The number of nitrogens with zero attached hydrogens (tertiary/aromatic N) is 2. The molecule has 0 spiro atoms. The maximum absolute atomic E-state index is 14.6. The lowest BCUT2D eigenvalue weighted by molar-refractivity contribution is -0.120. The molecule has 0 radical (unpaired) electrons. The van der Waals surface area contributed by atoms with Gasteiger partial charge in [-0.1, -0.05) is 41.9 Å². The minimum Gasteiger partial charge on any atom is -0.456 e. The summed E-state index contributed by atoms with van der Waals surface area (Å²) in [7, 11) is 1.53. The van der Waals surface area contributed by atoms with E-state index in [-0.39, 0.29) is 17.0 Å². The number of carbonyl (C=O) groups is 3. The smallest absolute Gasteiger partial charge is 0.338 e. The van der Waals surface area contributed by atoms with Crippen LogP contribution in [0.5, 0.6) is 0 Å². The number of hydrogen-bond acceptors (Lipinski definition) is 6. The molecule has 0 heterocycles. The monoisotopic (exact) mass is 581 g/mol. The summed E-state index contributed by atoms with van der Waals surface area (Å²) in [6, 6.07) is 16.6. The number of anilines is 1. The molecule has 7 nitrogen and oxygen atoms in total. The molecule has 10 heteroatoms. The molecule has 214 valence electrons. The molecule has 41 heavy (non-hydrogen) atoms. The first kappa shape index (κ1) is 31.2. The fraction of sp³-hybridized carbons (Fsp3) is 0.226. The second-order valence-electron chi connectivity index (χ2n) is 10.1. The standard InChI is InChI=1S/C31H30ClF2N3O4/c1-31(2,3)41-30(40)21-10-12-23(13-11-21)36-29(39)26(18-20-8-6-5-7-9-20)37(4)35-19-22(16-17-38)27-25(33)15-14-24(32)28(27)34/h5-17,19,26H,18H2,1-4H3,(H,36,39)/b22-16+,35-19-. The number of esters is 1. The fourth-order valence-corrected chi connectivity index (χ4v) is 3.93. The highest BCUT2D eigenvalue weighted by Crippen LogP contribution is 2.26. The zero-order valence-electron chi connectivity index (χ0n) is 23.0. The van der Waals surface area contributed by atoms with E-state index in [1.54, 1.807) is 45.0 Å². The van der Waals surface area contributed by atoms with Crippen LogP contribution in [0.2, 0.25) is 5.02 Å². The number of hydrazone groups is 1. The highest BCUT2D eigenvalue weighted by Gasteiger charge is 2.24. The van der Waals surface area contributed by atoms with Gasteiger partial charge in [0.2, 0.25) is 5.91 Å². The highest BCUT2D eigenvalue weighted by atomic mass is 35.5. The van der Waals surface area contributed by atoms with Gasteiger partial charge >= 0.3 is 5.97 Å². The average Bonchev–Trinajstić information content (AvgIpc) is 2.92. The fourth-order valence-electron chi connectivity index (χ4n) is 3.77. The predicted molar refractivity (Wildman–Crippen MR) is 156 cm³/mol. The molecule has 0 aliphatic carbocycles. The van der Waals surface area contributed by atoms with Crippen molar-refractivity contribution in [2.24, 2.45) is 5.10 Å². The Morgan fingerprint density at radius 1 is 1.05 bits per heavy atom. The van der Waals surface area contributed by atoms with Crippen molar-refractivity contribution in [1.82, 2.24) is 5.01 Å². The van der Waals surface area contributed by atoms with Crippen LogP contribution in [-0.4, -0.2) is 48.1 Å². The number of nitrogens with one attached hydrogen (secondary N) is 1. The maximum Gasteiger partial charge on any atom is 0.338 e. The highest BCUT2D eigenvalue weighted by molar-refractivity contribution is 6.31. The Hall–Kier alpha value is -4.37. The second-order valence-corrected chi connectivity index (χ2v) is 10.5. The summed E-state index contributed by atoms with van der Waals surface area (Å²) in [6.07, 6.45) is 2.65. The molecule has 0 aromatic heterocycles. The zero-order valence-corrected chi connectivity index (χ0v) is 23.8. The van der Waals surface area contributed by atoms with E-state index in [9.17, 15) is 23.2 Å². The van der Waals surface area contributed by atoms with E-state index in [0.29, 0.717) is 17.5 Å². The van der Waals surface area contributed by atoms with Crippen LogP contribution < -0.4 is 5.32 Å². The van der Waals surface area contributed by atoms with Crippen LogP contribution in [0.1, 0.15) is 42.3 Å². The van der Waals surface area contributed by atoms with Crippen LogP contribution in [0.15, 0.2) is 77.9 Å². The third-order valence-electron chi connectivity index (χ3n) is 5.77. The molecule has 1 atom stereocenters. The summed E-state index contributed by atoms with van der Waals surface area (Å²) in [5.74, 6) is -2.89. The molecular weight excluding hydrogens is 552 g/mol. The van der Waals surface area contributed by atoms with Crippen LogP contribution >= 0.6 is 11.6 Å². The normalized spacial score (nSPS) is 12.6. The van der Waals surface area contributed by atoms with Gasteiger partial charge in [0.1, 0.15) is 23.7 Å². The first-order chi connectivity index (χ1) is 19.4. The number of carbonyl (C=O) groups excluding carboxylic acids is 3. The number of rotatable bonds is 10. The molecular formula is C31H30ClF2N3O4. The molecule has 3 rings (SSSR count). The molecule has 3 aromatic carbocycles. The van der Waals surface area contributed by atoms with Crippen LogP contribution in [0.4, 0.5) is 14.5 Å². The van der Waals surface area contributed by atoms with Gasteiger partial charge in [-0.05, 0) is 68.8 Å². The number of benzene rings is 3. The van der Waals surface area contributed by atoms with E-state index in [4.69, 9.17) is 16.3 Å². The Balaban J connectivity index is 1.86. The summed E-state index contributed by atoms with van der Waals surface area (Å²) in [4.78, 5) is 37.0.